The smallest absolute Gasteiger partial charge is 0.305 e. The van der Waals surface area contributed by atoms with E-state index in [1.807, 2.05) is 0 Å². The predicted octanol–water partition coefficient (Wildman–Crippen LogP) is 2.63. The van der Waals surface area contributed by atoms with Gasteiger partial charge in [-0.2, -0.15) is 5.10 Å². The van der Waals surface area contributed by atoms with Gasteiger partial charge < -0.3 is 10.4 Å². The summed E-state index contributed by atoms with van der Waals surface area (Å²) in [7, 11) is 0. The molecular formula is C19H20FN3O3. The summed E-state index contributed by atoms with van der Waals surface area (Å²) in [5.74, 6) is -1.61. The summed E-state index contributed by atoms with van der Waals surface area (Å²) in [4.78, 5) is 24.0. The molecular weight excluding hydrogens is 337 g/mol. The average Bonchev–Trinajstić information content (AvgIpc) is 3.14. The number of carbonyl (C=O) groups is 2. The van der Waals surface area contributed by atoms with E-state index in [0.717, 1.165) is 36.9 Å². The number of halogens is 1. The number of carboxylic acids is 1. The molecule has 2 aliphatic carbocycles. The van der Waals surface area contributed by atoms with Crippen LogP contribution in [0.3, 0.4) is 0 Å². The van der Waals surface area contributed by atoms with Gasteiger partial charge in [-0.25, -0.2) is 9.07 Å². The van der Waals surface area contributed by atoms with Crippen molar-refractivity contribution in [3.8, 4) is 5.69 Å². The highest BCUT2D eigenvalue weighted by Gasteiger charge is 2.41. The number of carboxylic acid groups (broad SMARTS) is 1. The highest BCUT2D eigenvalue weighted by atomic mass is 19.1. The second-order valence-corrected chi connectivity index (χ2v) is 7.18. The maximum absolute atomic E-state index is 13.6. The van der Waals surface area contributed by atoms with Crippen LogP contribution in [-0.4, -0.2) is 32.3 Å². The van der Waals surface area contributed by atoms with Gasteiger partial charge in [-0.1, -0.05) is 6.07 Å². The summed E-state index contributed by atoms with van der Waals surface area (Å²) < 4.78 is 15.2. The largest absolute Gasteiger partial charge is 0.481 e. The molecule has 136 valence electrons. The first-order chi connectivity index (χ1) is 12.5. The molecule has 0 unspecified atom stereocenters. The van der Waals surface area contributed by atoms with Crippen molar-refractivity contribution in [2.75, 3.05) is 0 Å². The molecule has 26 heavy (non-hydrogen) atoms. The molecule has 0 saturated heterocycles. The molecule has 0 spiro atoms. The van der Waals surface area contributed by atoms with Crippen LogP contribution in [0.25, 0.3) is 5.69 Å². The van der Waals surface area contributed by atoms with Gasteiger partial charge in [0.15, 0.2) is 5.69 Å². The zero-order valence-electron chi connectivity index (χ0n) is 14.3. The summed E-state index contributed by atoms with van der Waals surface area (Å²) in [5, 5.41) is 16.5. The number of amides is 1. The van der Waals surface area contributed by atoms with Crippen LogP contribution in [-0.2, 0) is 17.6 Å². The molecule has 6 nitrogen and oxygen atoms in total. The third-order valence-electron chi connectivity index (χ3n) is 5.38. The van der Waals surface area contributed by atoms with Gasteiger partial charge in [0, 0.05) is 11.3 Å². The Morgan fingerprint density at radius 2 is 2.08 bits per heavy atom. The molecule has 2 N–H and O–H groups in total. The van der Waals surface area contributed by atoms with Crippen LogP contribution in [0.4, 0.5) is 4.39 Å². The topological polar surface area (TPSA) is 84.2 Å². The average molecular weight is 357 g/mol. The molecule has 1 amide bonds. The standard InChI is InChI=1S/C19H20FN3O3/c20-12-4-1-5-13(10-12)23-15-7-2-6-14(15)17(22-23)18(26)21-19(8-3-9-19)11-16(24)25/h1,4-5,10H,2-3,6-9,11H2,(H,21,26)(H,24,25). The summed E-state index contributed by atoms with van der Waals surface area (Å²) >= 11 is 0. The number of nitrogens with one attached hydrogen (secondary N) is 1. The summed E-state index contributed by atoms with van der Waals surface area (Å²) in [6, 6.07) is 6.14. The molecule has 1 saturated carbocycles. The van der Waals surface area contributed by atoms with Crippen molar-refractivity contribution in [3.63, 3.8) is 0 Å². The Morgan fingerprint density at radius 3 is 2.73 bits per heavy atom. The van der Waals surface area contributed by atoms with E-state index >= 15 is 0 Å². The first-order valence-corrected chi connectivity index (χ1v) is 8.88. The van der Waals surface area contributed by atoms with E-state index in [-0.39, 0.29) is 18.1 Å². The van der Waals surface area contributed by atoms with Gasteiger partial charge in [0.05, 0.1) is 17.6 Å². The van der Waals surface area contributed by atoms with E-state index in [0.29, 0.717) is 24.2 Å². The lowest BCUT2D eigenvalue weighted by atomic mass is 9.74. The van der Waals surface area contributed by atoms with E-state index in [1.165, 1.54) is 12.1 Å². The van der Waals surface area contributed by atoms with Crippen LogP contribution in [0.5, 0.6) is 0 Å². The van der Waals surface area contributed by atoms with E-state index in [2.05, 4.69) is 10.4 Å². The summed E-state index contributed by atoms with van der Waals surface area (Å²) in [6.07, 6.45) is 4.61. The SMILES string of the molecule is O=C(O)CC1(NC(=O)c2nn(-c3cccc(F)c3)c3c2CCC3)CCC1. The summed E-state index contributed by atoms with van der Waals surface area (Å²) in [6.45, 7) is 0. The Kier molecular flexibility index (Phi) is 4.01. The first kappa shape index (κ1) is 16.8. The molecule has 0 atom stereocenters. The van der Waals surface area contributed by atoms with E-state index < -0.39 is 11.5 Å². The second-order valence-electron chi connectivity index (χ2n) is 7.18. The Hall–Kier alpha value is -2.70. The molecule has 0 radical (unpaired) electrons. The molecule has 1 aromatic heterocycles. The van der Waals surface area contributed by atoms with Gasteiger partial charge in [0.25, 0.3) is 5.91 Å². The van der Waals surface area contributed by atoms with Crippen molar-refractivity contribution >= 4 is 11.9 Å². The number of fused-ring (bicyclic) bond motifs is 1. The number of aromatic nitrogens is 2. The Bertz CT molecular complexity index is 886. The maximum atomic E-state index is 13.6. The molecule has 0 bridgehead atoms. The van der Waals surface area contributed by atoms with Crippen molar-refractivity contribution in [2.24, 2.45) is 0 Å². The van der Waals surface area contributed by atoms with E-state index in [1.54, 1.807) is 16.8 Å². The lowest BCUT2D eigenvalue weighted by Gasteiger charge is -2.41. The van der Waals surface area contributed by atoms with Gasteiger partial charge in [-0.05, 0) is 56.7 Å². The minimum atomic E-state index is -0.916. The number of carbonyl (C=O) groups excluding carboxylic acids is 1. The second kappa shape index (κ2) is 6.23. The maximum Gasteiger partial charge on any atom is 0.305 e. The number of hydrogen-bond donors (Lipinski definition) is 2. The first-order valence-electron chi connectivity index (χ1n) is 8.88. The Balaban J connectivity index is 1.66. The van der Waals surface area contributed by atoms with Crippen molar-refractivity contribution in [1.29, 1.82) is 0 Å². The lowest BCUT2D eigenvalue weighted by Crippen LogP contribution is -2.54. The molecule has 2 aromatic rings. The molecule has 1 fully saturated rings. The predicted molar refractivity (Wildman–Crippen MR) is 91.8 cm³/mol. The number of rotatable bonds is 5. The van der Waals surface area contributed by atoms with Crippen LogP contribution >= 0.6 is 0 Å². The molecule has 4 rings (SSSR count). The Labute approximate surface area is 150 Å². The van der Waals surface area contributed by atoms with Crippen LogP contribution in [0.1, 0.15) is 53.8 Å². The zero-order valence-corrected chi connectivity index (χ0v) is 14.3. The fourth-order valence-electron chi connectivity index (χ4n) is 3.98. The van der Waals surface area contributed by atoms with Crippen LogP contribution in [0.15, 0.2) is 24.3 Å². The molecule has 0 aliphatic heterocycles. The van der Waals surface area contributed by atoms with E-state index in [9.17, 15) is 14.0 Å². The van der Waals surface area contributed by atoms with Crippen LogP contribution in [0.2, 0.25) is 0 Å². The van der Waals surface area contributed by atoms with Crippen molar-refractivity contribution in [2.45, 2.75) is 50.5 Å². The number of nitrogens with zero attached hydrogens (tertiary/aromatic N) is 2. The molecule has 7 heteroatoms. The fraction of sp³-hybridized carbons (Fsp3) is 0.421. The minimum absolute atomic E-state index is 0.0778. The lowest BCUT2D eigenvalue weighted by molar-refractivity contribution is -0.139. The Morgan fingerprint density at radius 1 is 1.27 bits per heavy atom. The van der Waals surface area contributed by atoms with Gasteiger partial charge >= 0.3 is 5.97 Å². The molecule has 1 aromatic carbocycles. The van der Waals surface area contributed by atoms with Gasteiger partial charge in [0.1, 0.15) is 5.82 Å². The van der Waals surface area contributed by atoms with Crippen LogP contribution < -0.4 is 5.32 Å². The quantitative estimate of drug-likeness (QED) is 0.862. The number of benzene rings is 1. The van der Waals surface area contributed by atoms with Gasteiger partial charge in [-0.3, -0.25) is 9.59 Å². The van der Waals surface area contributed by atoms with Gasteiger partial charge in [0.2, 0.25) is 0 Å². The number of hydrogen-bond acceptors (Lipinski definition) is 3. The van der Waals surface area contributed by atoms with Crippen LogP contribution in [0, 0.1) is 5.82 Å². The third-order valence-corrected chi connectivity index (χ3v) is 5.38. The summed E-state index contributed by atoms with van der Waals surface area (Å²) in [5.41, 5.74) is 2.07. The van der Waals surface area contributed by atoms with Crippen molar-refractivity contribution in [1.82, 2.24) is 15.1 Å². The molecule has 2 aliphatic rings. The van der Waals surface area contributed by atoms with Crippen molar-refractivity contribution < 1.29 is 19.1 Å². The highest BCUT2D eigenvalue weighted by molar-refractivity contribution is 5.95. The molecule has 1 heterocycles. The minimum Gasteiger partial charge on any atom is -0.481 e. The zero-order chi connectivity index (χ0) is 18.3. The van der Waals surface area contributed by atoms with Crippen molar-refractivity contribution in [3.05, 3.63) is 47.0 Å². The highest BCUT2D eigenvalue weighted by Crippen LogP contribution is 2.36. The monoisotopic (exact) mass is 357 g/mol. The third kappa shape index (κ3) is 2.87. The number of aliphatic carboxylic acids is 1. The fourth-order valence-corrected chi connectivity index (χ4v) is 3.98. The normalized spacial score (nSPS) is 17.4. The van der Waals surface area contributed by atoms with E-state index in [4.69, 9.17) is 5.11 Å². The van der Waals surface area contributed by atoms with Gasteiger partial charge in [-0.15, -0.1) is 0 Å².